The van der Waals surface area contributed by atoms with Crippen LogP contribution in [0.1, 0.15) is 6.42 Å². The van der Waals surface area contributed by atoms with Crippen molar-refractivity contribution in [1.82, 2.24) is 0 Å². The van der Waals surface area contributed by atoms with Crippen LogP contribution in [-0.2, 0) is 0 Å². The number of hydrogen-bond acceptors (Lipinski definition) is 1. The molecule has 0 bridgehead atoms. The Labute approximate surface area is 41.3 Å². The van der Waals surface area contributed by atoms with Crippen LogP contribution in [0.5, 0.6) is 0 Å². The third kappa shape index (κ3) is 5.14. The van der Waals surface area contributed by atoms with Crippen molar-refractivity contribution in [3.63, 3.8) is 0 Å². The van der Waals surface area contributed by atoms with Crippen LogP contribution in [0.25, 0.3) is 0 Å². The van der Waals surface area contributed by atoms with Crippen molar-refractivity contribution in [3.8, 4) is 0 Å². The summed E-state index contributed by atoms with van der Waals surface area (Å²) in [5.74, 6) is -0.0195. The molecule has 0 fully saturated rings. The van der Waals surface area contributed by atoms with Gasteiger partial charge >= 0.3 is 0 Å². The molecule has 0 saturated carbocycles. The summed E-state index contributed by atoms with van der Waals surface area (Å²) in [6.45, 7) is 0. The molecular formula is C4H7FN2. The molecule has 40 valence electrons. The molecule has 0 atom stereocenters. The highest BCUT2D eigenvalue weighted by molar-refractivity contribution is 5.78. The molecule has 0 aromatic rings. The van der Waals surface area contributed by atoms with E-state index in [1.54, 1.807) is 0 Å². The van der Waals surface area contributed by atoms with E-state index in [1.807, 2.05) is 0 Å². The van der Waals surface area contributed by atoms with E-state index < -0.39 is 0 Å². The van der Waals surface area contributed by atoms with Crippen LogP contribution in [0.15, 0.2) is 12.4 Å². The lowest BCUT2D eigenvalue weighted by Gasteiger charge is -1.82. The second kappa shape index (κ2) is 3.33. The molecule has 3 N–H and O–H groups in total. The van der Waals surface area contributed by atoms with Gasteiger partial charge < -0.3 is 5.73 Å². The number of amidine groups is 1. The average molecular weight is 102 g/mol. The first-order valence-corrected chi connectivity index (χ1v) is 1.85. The van der Waals surface area contributed by atoms with E-state index in [1.165, 1.54) is 6.08 Å². The van der Waals surface area contributed by atoms with E-state index >= 15 is 0 Å². The van der Waals surface area contributed by atoms with Gasteiger partial charge in [0.1, 0.15) is 0 Å². The summed E-state index contributed by atoms with van der Waals surface area (Å²) >= 11 is 0. The maximum absolute atomic E-state index is 11.0. The van der Waals surface area contributed by atoms with Gasteiger partial charge in [0.25, 0.3) is 0 Å². The molecule has 0 amide bonds. The minimum Gasteiger partial charge on any atom is -0.387 e. The first-order valence-electron chi connectivity index (χ1n) is 1.85. The average Bonchev–Trinajstić information content (AvgIpc) is 1.61. The number of rotatable bonds is 2. The smallest absolute Gasteiger partial charge is 0.0944 e. The molecule has 0 spiro atoms. The predicted molar refractivity (Wildman–Crippen MR) is 26.8 cm³/mol. The molecule has 2 nitrogen and oxygen atoms in total. The molecule has 0 saturated heterocycles. The fourth-order valence-corrected chi connectivity index (χ4v) is 0.172. The van der Waals surface area contributed by atoms with Crippen LogP contribution >= 0.6 is 0 Å². The second-order valence-corrected chi connectivity index (χ2v) is 1.09. The first kappa shape index (κ1) is 6.14. The lowest BCUT2D eigenvalue weighted by atomic mass is 10.4. The molecule has 0 heterocycles. The Morgan fingerprint density at radius 2 is 2.43 bits per heavy atom. The highest BCUT2D eigenvalue weighted by atomic mass is 19.1. The maximum Gasteiger partial charge on any atom is 0.0944 e. The van der Waals surface area contributed by atoms with Crippen molar-refractivity contribution in [2.24, 2.45) is 5.73 Å². The predicted octanol–water partition coefficient (Wildman–Crippen LogP) is 0.796. The SMILES string of the molecule is N=C(N)C/C=C/F. The zero-order valence-corrected chi connectivity index (χ0v) is 3.82. The van der Waals surface area contributed by atoms with Gasteiger partial charge in [-0.15, -0.1) is 0 Å². The fourth-order valence-electron chi connectivity index (χ4n) is 0.172. The lowest BCUT2D eigenvalue weighted by molar-refractivity contribution is 0.717. The van der Waals surface area contributed by atoms with E-state index in [-0.39, 0.29) is 12.3 Å². The Balaban J connectivity index is 3.14. The summed E-state index contributed by atoms with van der Waals surface area (Å²) in [6, 6.07) is 0. The molecular weight excluding hydrogens is 95.1 g/mol. The minimum absolute atomic E-state index is 0.0195. The maximum atomic E-state index is 11.0. The first-order chi connectivity index (χ1) is 3.27. The molecule has 0 aliphatic carbocycles. The van der Waals surface area contributed by atoms with Gasteiger partial charge in [-0.3, -0.25) is 5.41 Å². The van der Waals surface area contributed by atoms with Crippen LogP contribution in [0.3, 0.4) is 0 Å². The molecule has 3 heteroatoms. The lowest BCUT2D eigenvalue weighted by Crippen LogP contribution is -2.06. The molecule has 0 radical (unpaired) electrons. The topological polar surface area (TPSA) is 49.9 Å². The van der Waals surface area contributed by atoms with Crippen molar-refractivity contribution in [2.75, 3.05) is 0 Å². The summed E-state index contributed by atoms with van der Waals surface area (Å²) in [7, 11) is 0. The molecule has 0 aromatic heterocycles. The Kier molecular flexibility index (Phi) is 2.92. The second-order valence-electron chi connectivity index (χ2n) is 1.09. The number of hydrogen-bond donors (Lipinski definition) is 2. The highest BCUT2D eigenvalue weighted by Crippen LogP contribution is 1.79. The van der Waals surface area contributed by atoms with Gasteiger partial charge in [0.15, 0.2) is 0 Å². The summed E-state index contributed by atoms with van der Waals surface area (Å²) in [5, 5.41) is 6.56. The van der Waals surface area contributed by atoms with Gasteiger partial charge in [-0.2, -0.15) is 0 Å². The van der Waals surface area contributed by atoms with Crippen LogP contribution in [0, 0.1) is 5.41 Å². The van der Waals surface area contributed by atoms with E-state index in [9.17, 15) is 4.39 Å². The monoisotopic (exact) mass is 102 g/mol. The fraction of sp³-hybridized carbons (Fsp3) is 0.250. The number of halogens is 1. The molecule has 0 aromatic carbocycles. The van der Waals surface area contributed by atoms with Gasteiger partial charge in [0.05, 0.1) is 12.2 Å². The summed E-state index contributed by atoms with van der Waals surface area (Å²) in [6.07, 6.45) is 1.76. The van der Waals surface area contributed by atoms with Crippen molar-refractivity contribution < 1.29 is 4.39 Å². The number of nitrogens with two attached hydrogens (primary N) is 1. The van der Waals surface area contributed by atoms with E-state index in [0.717, 1.165) is 0 Å². The van der Waals surface area contributed by atoms with Gasteiger partial charge in [-0.1, -0.05) is 0 Å². The van der Waals surface area contributed by atoms with E-state index in [4.69, 9.17) is 11.1 Å². The molecule has 0 unspecified atom stereocenters. The summed E-state index contributed by atoms with van der Waals surface area (Å²) in [5.41, 5.74) is 4.84. The van der Waals surface area contributed by atoms with Crippen LogP contribution in [0.4, 0.5) is 4.39 Å². The van der Waals surface area contributed by atoms with Crippen molar-refractivity contribution in [1.29, 1.82) is 5.41 Å². The van der Waals surface area contributed by atoms with Crippen LogP contribution in [-0.4, -0.2) is 5.84 Å². The van der Waals surface area contributed by atoms with Gasteiger partial charge in [0.2, 0.25) is 0 Å². The van der Waals surface area contributed by atoms with Crippen molar-refractivity contribution in [2.45, 2.75) is 6.42 Å². The Hall–Kier alpha value is -0.860. The molecule has 0 aliphatic heterocycles. The van der Waals surface area contributed by atoms with Gasteiger partial charge in [-0.25, -0.2) is 4.39 Å². The van der Waals surface area contributed by atoms with Crippen molar-refractivity contribution in [3.05, 3.63) is 12.4 Å². The molecule has 0 aliphatic rings. The van der Waals surface area contributed by atoms with E-state index in [0.29, 0.717) is 6.33 Å². The molecule has 0 rings (SSSR count). The Bertz CT molecular complexity index is 87.7. The van der Waals surface area contributed by atoms with Gasteiger partial charge in [-0.05, 0) is 6.08 Å². The quantitative estimate of drug-likeness (QED) is 0.393. The zero-order chi connectivity index (χ0) is 5.70. The zero-order valence-electron chi connectivity index (χ0n) is 3.82. The third-order valence-corrected chi connectivity index (χ3v) is 0.427. The number of nitrogens with one attached hydrogen (secondary N) is 1. The third-order valence-electron chi connectivity index (χ3n) is 0.427. The summed E-state index contributed by atoms with van der Waals surface area (Å²) in [4.78, 5) is 0. The highest BCUT2D eigenvalue weighted by Gasteiger charge is 1.77. The van der Waals surface area contributed by atoms with Crippen LogP contribution in [0.2, 0.25) is 0 Å². The standard InChI is InChI=1S/C4H7FN2/c5-3-1-2-4(6)7/h1,3H,2H2,(H3,6,7)/b3-1+. The summed E-state index contributed by atoms with van der Waals surface area (Å²) < 4.78 is 11.0. The van der Waals surface area contributed by atoms with Crippen LogP contribution < -0.4 is 5.73 Å². The van der Waals surface area contributed by atoms with Crippen molar-refractivity contribution >= 4 is 5.84 Å². The molecule has 7 heavy (non-hydrogen) atoms. The minimum atomic E-state index is -0.0195. The largest absolute Gasteiger partial charge is 0.387 e. The Morgan fingerprint density at radius 1 is 1.86 bits per heavy atom. The normalized spacial score (nSPS) is 9.86. The van der Waals surface area contributed by atoms with Gasteiger partial charge in [0, 0.05) is 6.42 Å². The van der Waals surface area contributed by atoms with E-state index in [2.05, 4.69) is 0 Å². The Morgan fingerprint density at radius 3 is 2.57 bits per heavy atom.